The summed E-state index contributed by atoms with van der Waals surface area (Å²) < 4.78 is 11.6. The average Bonchev–Trinajstić information content (AvgIpc) is 3.25. The van der Waals surface area contributed by atoms with Crippen molar-refractivity contribution in [2.75, 3.05) is 11.9 Å². The van der Waals surface area contributed by atoms with Gasteiger partial charge in [0.1, 0.15) is 11.3 Å². The lowest BCUT2D eigenvalue weighted by molar-refractivity contribution is -0.118. The number of carbonyl (C=O) groups is 1. The highest BCUT2D eigenvalue weighted by atomic mass is 35.5. The van der Waals surface area contributed by atoms with Crippen molar-refractivity contribution >= 4 is 45.9 Å². The Hall–Kier alpha value is -3.02. The zero-order chi connectivity index (χ0) is 24.4. The van der Waals surface area contributed by atoms with Crippen molar-refractivity contribution in [1.29, 1.82) is 0 Å². The van der Waals surface area contributed by atoms with E-state index in [1.54, 1.807) is 24.3 Å². The van der Waals surface area contributed by atoms with Crippen molar-refractivity contribution in [3.8, 4) is 17.2 Å². The van der Waals surface area contributed by atoms with Gasteiger partial charge in [-0.3, -0.25) is 4.79 Å². The molecule has 176 valence electrons. The Bertz CT molecular complexity index is 1340. The van der Waals surface area contributed by atoms with Crippen LogP contribution in [-0.4, -0.2) is 17.5 Å². The largest absolute Gasteiger partial charge is 0.484 e. The number of aryl methyl sites for hydroxylation is 2. The molecule has 3 aromatic carbocycles. The van der Waals surface area contributed by atoms with Gasteiger partial charge in [0.2, 0.25) is 5.89 Å². The van der Waals surface area contributed by atoms with Crippen LogP contribution in [0.1, 0.15) is 42.9 Å². The summed E-state index contributed by atoms with van der Waals surface area (Å²) in [5.74, 6) is 1.16. The summed E-state index contributed by atoms with van der Waals surface area (Å²) in [6, 6.07) is 15.0. The van der Waals surface area contributed by atoms with Crippen LogP contribution < -0.4 is 10.1 Å². The van der Waals surface area contributed by atoms with Crippen LogP contribution in [0.25, 0.3) is 22.6 Å². The molecule has 7 heteroatoms. The van der Waals surface area contributed by atoms with Gasteiger partial charge in [-0.15, -0.1) is 0 Å². The Morgan fingerprint density at radius 2 is 1.82 bits per heavy atom. The molecule has 0 fully saturated rings. The number of carbonyl (C=O) groups excluding carboxylic acids is 1. The first kappa shape index (κ1) is 24.1. The Balaban J connectivity index is 1.50. The number of hydrogen-bond donors (Lipinski definition) is 1. The molecule has 1 amide bonds. The van der Waals surface area contributed by atoms with Gasteiger partial charge in [-0.2, -0.15) is 0 Å². The monoisotopic (exact) mass is 496 g/mol. The van der Waals surface area contributed by atoms with Gasteiger partial charge in [0.15, 0.2) is 12.2 Å². The minimum atomic E-state index is -0.333. The van der Waals surface area contributed by atoms with Crippen LogP contribution in [0, 0.1) is 13.8 Å². The van der Waals surface area contributed by atoms with Crippen molar-refractivity contribution in [3.63, 3.8) is 0 Å². The summed E-state index contributed by atoms with van der Waals surface area (Å²) in [4.78, 5) is 17.2. The second-order valence-electron chi connectivity index (χ2n) is 8.46. The Kier molecular flexibility index (Phi) is 7.15. The molecule has 1 heterocycles. The predicted molar refractivity (Wildman–Crippen MR) is 138 cm³/mol. The molecule has 1 atom stereocenters. The van der Waals surface area contributed by atoms with Crippen molar-refractivity contribution in [1.82, 2.24) is 4.98 Å². The Morgan fingerprint density at radius 3 is 2.53 bits per heavy atom. The van der Waals surface area contributed by atoms with Crippen molar-refractivity contribution in [2.45, 2.75) is 40.0 Å². The minimum Gasteiger partial charge on any atom is -0.484 e. The van der Waals surface area contributed by atoms with Gasteiger partial charge in [0.05, 0.1) is 10.7 Å². The van der Waals surface area contributed by atoms with E-state index in [1.807, 2.05) is 26.0 Å². The number of aromatic nitrogens is 1. The van der Waals surface area contributed by atoms with E-state index in [0.29, 0.717) is 44.4 Å². The third-order valence-electron chi connectivity index (χ3n) is 5.86. The van der Waals surface area contributed by atoms with E-state index in [9.17, 15) is 4.79 Å². The fourth-order valence-electron chi connectivity index (χ4n) is 3.69. The van der Waals surface area contributed by atoms with Crippen LogP contribution >= 0.6 is 23.2 Å². The molecule has 0 saturated heterocycles. The zero-order valence-corrected chi connectivity index (χ0v) is 21.1. The minimum absolute atomic E-state index is 0.164. The highest BCUT2D eigenvalue weighted by molar-refractivity contribution is 6.34. The lowest BCUT2D eigenvalue weighted by Crippen LogP contribution is -2.20. The summed E-state index contributed by atoms with van der Waals surface area (Å²) in [7, 11) is 0. The standard InChI is InChI=1S/C27H26Cl2N2O3/c1-5-15(2)18-7-9-24-23(12-18)31-27(34-24)19-6-8-21(28)22(13-19)30-25(32)14-33-20-10-16(3)26(29)17(4)11-20/h6-13,15H,5,14H2,1-4H3,(H,30,32)/t15-/m1/s1. The number of amides is 1. The van der Waals surface area contributed by atoms with E-state index in [1.165, 1.54) is 5.56 Å². The van der Waals surface area contributed by atoms with Crippen LogP contribution in [-0.2, 0) is 4.79 Å². The molecule has 0 aliphatic carbocycles. The number of nitrogens with zero attached hydrogens (tertiary/aromatic N) is 1. The van der Waals surface area contributed by atoms with E-state index >= 15 is 0 Å². The number of oxazole rings is 1. The fourth-order valence-corrected chi connectivity index (χ4v) is 3.96. The van der Waals surface area contributed by atoms with E-state index in [0.717, 1.165) is 23.1 Å². The van der Waals surface area contributed by atoms with Gasteiger partial charge < -0.3 is 14.5 Å². The van der Waals surface area contributed by atoms with Gasteiger partial charge >= 0.3 is 0 Å². The predicted octanol–water partition coefficient (Wildman–Crippen LogP) is 7.95. The van der Waals surface area contributed by atoms with Crippen molar-refractivity contribution in [2.24, 2.45) is 0 Å². The molecule has 1 aromatic heterocycles. The van der Waals surface area contributed by atoms with E-state index in [2.05, 4.69) is 36.3 Å². The van der Waals surface area contributed by atoms with Gasteiger partial charge in [0, 0.05) is 10.6 Å². The first-order valence-corrected chi connectivity index (χ1v) is 11.9. The molecule has 0 spiro atoms. The highest BCUT2D eigenvalue weighted by Crippen LogP contribution is 2.32. The molecule has 34 heavy (non-hydrogen) atoms. The van der Waals surface area contributed by atoms with Crippen LogP contribution in [0.2, 0.25) is 10.0 Å². The summed E-state index contributed by atoms with van der Waals surface area (Å²) in [6.45, 7) is 7.97. The van der Waals surface area contributed by atoms with Gasteiger partial charge in [-0.05, 0) is 85.3 Å². The lowest BCUT2D eigenvalue weighted by atomic mass is 9.98. The molecule has 0 saturated carbocycles. The van der Waals surface area contributed by atoms with Crippen LogP contribution in [0.5, 0.6) is 5.75 Å². The third kappa shape index (κ3) is 5.21. The molecule has 0 bridgehead atoms. The molecule has 5 nitrogen and oxygen atoms in total. The number of ether oxygens (including phenoxy) is 1. The summed E-state index contributed by atoms with van der Waals surface area (Å²) in [5.41, 5.74) is 5.69. The van der Waals surface area contributed by atoms with Gasteiger partial charge in [0.25, 0.3) is 5.91 Å². The molecule has 0 radical (unpaired) electrons. The number of benzene rings is 3. The molecule has 0 aliphatic heterocycles. The summed E-state index contributed by atoms with van der Waals surface area (Å²) >= 11 is 12.5. The van der Waals surface area contributed by atoms with E-state index in [-0.39, 0.29) is 12.5 Å². The molecule has 0 unspecified atom stereocenters. The first-order chi connectivity index (χ1) is 16.2. The topological polar surface area (TPSA) is 64.4 Å². The van der Waals surface area contributed by atoms with E-state index in [4.69, 9.17) is 32.4 Å². The number of rotatable bonds is 7. The normalized spacial score (nSPS) is 12.1. The van der Waals surface area contributed by atoms with Gasteiger partial charge in [-0.1, -0.05) is 43.1 Å². The second-order valence-corrected chi connectivity index (χ2v) is 9.24. The van der Waals surface area contributed by atoms with Crippen LogP contribution in [0.4, 0.5) is 5.69 Å². The SMILES string of the molecule is CC[C@@H](C)c1ccc2oc(-c3ccc(Cl)c(NC(=O)COc4cc(C)c(Cl)c(C)c4)c3)nc2c1. The number of nitrogens with one attached hydrogen (secondary N) is 1. The summed E-state index contributed by atoms with van der Waals surface area (Å²) in [5, 5.41) is 3.90. The maximum absolute atomic E-state index is 12.5. The van der Waals surface area contributed by atoms with Gasteiger partial charge in [-0.25, -0.2) is 4.98 Å². The molecular weight excluding hydrogens is 471 g/mol. The molecular formula is C27H26Cl2N2O3. The molecule has 1 N–H and O–H groups in total. The number of fused-ring (bicyclic) bond motifs is 1. The van der Waals surface area contributed by atoms with Crippen LogP contribution in [0.3, 0.4) is 0 Å². The Labute approximate surface area is 209 Å². The zero-order valence-electron chi connectivity index (χ0n) is 19.5. The number of anilines is 1. The second kappa shape index (κ2) is 10.1. The van der Waals surface area contributed by atoms with Crippen molar-refractivity contribution < 1.29 is 13.9 Å². The molecule has 0 aliphatic rings. The smallest absolute Gasteiger partial charge is 0.262 e. The maximum atomic E-state index is 12.5. The first-order valence-electron chi connectivity index (χ1n) is 11.1. The number of hydrogen-bond acceptors (Lipinski definition) is 4. The number of halogens is 2. The van der Waals surface area contributed by atoms with Crippen molar-refractivity contribution in [3.05, 3.63) is 75.3 Å². The highest BCUT2D eigenvalue weighted by Gasteiger charge is 2.14. The summed E-state index contributed by atoms with van der Waals surface area (Å²) in [6.07, 6.45) is 1.05. The van der Waals surface area contributed by atoms with Crippen LogP contribution in [0.15, 0.2) is 52.9 Å². The molecule has 4 aromatic rings. The fraction of sp³-hybridized carbons (Fsp3) is 0.259. The third-order valence-corrected chi connectivity index (χ3v) is 6.79. The quantitative estimate of drug-likeness (QED) is 0.281. The van der Waals surface area contributed by atoms with E-state index < -0.39 is 0 Å². The average molecular weight is 497 g/mol. The maximum Gasteiger partial charge on any atom is 0.262 e. The lowest BCUT2D eigenvalue weighted by Gasteiger charge is -2.11. The molecule has 4 rings (SSSR count). The Morgan fingerprint density at radius 1 is 1.09 bits per heavy atom.